The van der Waals surface area contributed by atoms with Crippen molar-refractivity contribution in [3.05, 3.63) is 30.1 Å². The second-order valence-corrected chi connectivity index (χ2v) is 6.80. The molecule has 0 spiro atoms. The molecular weight excluding hydrogens is 309 g/mol. The molecule has 1 aliphatic rings. The van der Waals surface area contributed by atoms with E-state index in [-0.39, 0.29) is 30.9 Å². The van der Waals surface area contributed by atoms with Crippen molar-refractivity contribution >= 4 is 17.5 Å². The molecule has 1 unspecified atom stereocenters. The molecule has 0 bridgehead atoms. The molecule has 6 heteroatoms. The highest BCUT2D eigenvalue weighted by Gasteiger charge is 2.24. The van der Waals surface area contributed by atoms with Crippen molar-refractivity contribution in [3.63, 3.8) is 0 Å². The molecule has 3 atom stereocenters. The van der Waals surface area contributed by atoms with Crippen molar-refractivity contribution in [1.82, 2.24) is 5.32 Å². The lowest BCUT2D eigenvalue weighted by Gasteiger charge is -2.29. The summed E-state index contributed by atoms with van der Waals surface area (Å²) in [6.07, 6.45) is 4.59. The molecule has 5 nitrogen and oxygen atoms in total. The number of carbonyl (C=O) groups excluding carboxylic acids is 2. The summed E-state index contributed by atoms with van der Waals surface area (Å²) >= 11 is 0. The molecule has 0 heterocycles. The van der Waals surface area contributed by atoms with E-state index in [1.54, 1.807) is 19.2 Å². The average molecular weight is 336 g/mol. The zero-order valence-corrected chi connectivity index (χ0v) is 14.4. The molecule has 1 saturated carbocycles. The van der Waals surface area contributed by atoms with Crippen molar-refractivity contribution in [2.24, 2.45) is 5.92 Å². The zero-order chi connectivity index (χ0) is 17.5. The van der Waals surface area contributed by atoms with E-state index in [2.05, 4.69) is 17.6 Å². The van der Waals surface area contributed by atoms with Crippen LogP contribution in [0, 0.1) is 11.7 Å². The fourth-order valence-electron chi connectivity index (χ4n) is 3.17. The molecule has 1 aromatic rings. The smallest absolute Gasteiger partial charge is 0.279 e. The van der Waals surface area contributed by atoms with Gasteiger partial charge in [-0.1, -0.05) is 25.8 Å². The van der Waals surface area contributed by atoms with Gasteiger partial charge in [-0.25, -0.2) is 4.39 Å². The molecule has 2 amide bonds. The zero-order valence-electron chi connectivity index (χ0n) is 14.4. The summed E-state index contributed by atoms with van der Waals surface area (Å²) in [5, 5.41) is 5.73. The van der Waals surface area contributed by atoms with E-state index >= 15 is 0 Å². The van der Waals surface area contributed by atoms with Gasteiger partial charge in [0, 0.05) is 11.7 Å². The van der Waals surface area contributed by atoms with Crippen LogP contribution in [0.3, 0.4) is 0 Å². The number of rotatable bonds is 6. The Kier molecular flexibility index (Phi) is 6.73. The number of nitrogens with one attached hydrogen (secondary N) is 3. The number of amides is 2. The number of hydrogen-bond acceptors (Lipinski definition) is 2. The van der Waals surface area contributed by atoms with E-state index in [1.165, 1.54) is 18.6 Å². The SMILES string of the molecule is C[C@@H]1CCCC[C@H]1NC(=O)C[NH+](C)CC(=O)Nc1cccc(F)c1. The molecule has 1 aliphatic carbocycles. The fourth-order valence-corrected chi connectivity index (χ4v) is 3.17. The second-order valence-electron chi connectivity index (χ2n) is 6.80. The van der Waals surface area contributed by atoms with Gasteiger partial charge in [0.1, 0.15) is 5.82 Å². The summed E-state index contributed by atoms with van der Waals surface area (Å²) in [7, 11) is 1.80. The van der Waals surface area contributed by atoms with Gasteiger partial charge in [-0.3, -0.25) is 9.59 Å². The molecule has 1 fully saturated rings. The number of halogens is 1. The quantitative estimate of drug-likeness (QED) is 0.725. The number of hydrogen-bond donors (Lipinski definition) is 3. The van der Waals surface area contributed by atoms with Crippen molar-refractivity contribution < 1.29 is 18.9 Å². The topological polar surface area (TPSA) is 62.6 Å². The minimum atomic E-state index is -0.394. The first-order valence-electron chi connectivity index (χ1n) is 8.60. The number of benzene rings is 1. The highest BCUT2D eigenvalue weighted by atomic mass is 19.1. The van der Waals surface area contributed by atoms with Crippen LogP contribution >= 0.6 is 0 Å². The average Bonchev–Trinajstić information content (AvgIpc) is 2.49. The normalized spacial score (nSPS) is 21.8. The lowest BCUT2D eigenvalue weighted by molar-refractivity contribution is -0.862. The molecule has 1 aromatic carbocycles. The number of quaternary nitrogens is 1. The highest BCUT2D eigenvalue weighted by Crippen LogP contribution is 2.23. The Morgan fingerprint density at radius 2 is 1.92 bits per heavy atom. The van der Waals surface area contributed by atoms with Crippen molar-refractivity contribution in [2.45, 2.75) is 38.6 Å². The van der Waals surface area contributed by atoms with Gasteiger partial charge in [-0.05, 0) is 37.0 Å². The molecule has 0 aromatic heterocycles. The molecule has 24 heavy (non-hydrogen) atoms. The summed E-state index contributed by atoms with van der Waals surface area (Å²) in [5.41, 5.74) is 0.424. The Bertz CT molecular complexity index is 579. The minimum Gasteiger partial charge on any atom is -0.348 e. The van der Waals surface area contributed by atoms with Crippen LogP contribution in [0.2, 0.25) is 0 Å². The maximum Gasteiger partial charge on any atom is 0.279 e. The predicted octanol–water partition coefficient (Wildman–Crippen LogP) is 0.974. The Morgan fingerprint density at radius 3 is 2.62 bits per heavy atom. The van der Waals surface area contributed by atoms with Crippen molar-refractivity contribution in [3.8, 4) is 0 Å². The second kappa shape index (κ2) is 8.78. The number of carbonyl (C=O) groups is 2. The molecule has 0 saturated heterocycles. The van der Waals surface area contributed by atoms with E-state index in [9.17, 15) is 14.0 Å². The lowest BCUT2D eigenvalue weighted by Crippen LogP contribution is -3.11. The van der Waals surface area contributed by atoms with Crippen LogP contribution in [0.1, 0.15) is 32.6 Å². The maximum atomic E-state index is 13.1. The van der Waals surface area contributed by atoms with E-state index in [4.69, 9.17) is 0 Å². The van der Waals surface area contributed by atoms with Crippen LogP contribution in [-0.4, -0.2) is 38.0 Å². The summed E-state index contributed by atoms with van der Waals surface area (Å²) < 4.78 is 13.1. The van der Waals surface area contributed by atoms with E-state index in [0.717, 1.165) is 24.2 Å². The predicted molar refractivity (Wildman–Crippen MR) is 91.2 cm³/mol. The molecule has 0 radical (unpaired) electrons. The Hall–Kier alpha value is -1.95. The first kappa shape index (κ1) is 18.4. The summed E-state index contributed by atoms with van der Waals surface area (Å²) in [6.45, 7) is 2.58. The molecular formula is C18H27FN3O2+. The lowest BCUT2D eigenvalue weighted by atomic mass is 9.86. The monoisotopic (exact) mass is 336 g/mol. The van der Waals surface area contributed by atoms with Gasteiger partial charge in [0.2, 0.25) is 0 Å². The summed E-state index contributed by atoms with van der Waals surface area (Å²) in [4.78, 5) is 24.9. The first-order valence-corrected chi connectivity index (χ1v) is 8.60. The summed E-state index contributed by atoms with van der Waals surface area (Å²) in [6, 6.07) is 6.02. The Balaban J connectivity index is 1.74. The van der Waals surface area contributed by atoms with Gasteiger partial charge in [0.15, 0.2) is 13.1 Å². The van der Waals surface area contributed by atoms with Crippen LogP contribution in [0.5, 0.6) is 0 Å². The third-order valence-electron chi connectivity index (χ3n) is 4.49. The maximum absolute atomic E-state index is 13.1. The highest BCUT2D eigenvalue weighted by molar-refractivity contribution is 5.91. The number of anilines is 1. The fraction of sp³-hybridized carbons (Fsp3) is 0.556. The standard InChI is InChI=1S/C18H26FN3O2/c1-13-6-3-4-9-16(13)21-18(24)12-22(2)11-17(23)20-15-8-5-7-14(19)10-15/h5,7-8,10,13,16H,3-4,6,9,11-12H2,1-2H3,(H,20,23)(H,21,24)/p+1/t13-,16-/m1/s1. The first-order chi connectivity index (χ1) is 11.4. The van der Waals surface area contributed by atoms with E-state index in [1.807, 2.05) is 0 Å². The Morgan fingerprint density at radius 1 is 1.21 bits per heavy atom. The van der Waals surface area contributed by atoms with Crippen LogP contribution in [0.15, 0.2) is 24.3 Å². The Labute approximate surface area is 142 Å². The van der Waals surface area contributed by atoms with Gasteiger partial charge in [0.25, 0.3) is 11.8 Å². The van der Waals surface area contributed by atoms with Crippen molar-refractivity contribution in [2.75, 3.05) is 25.5 Å². The van der Waals surface area contributed by atoms with Gasteiger partial charge in [-0.2, -0.15) is 0 Å². The van der Waals surface area contributed by atoms with Crippen LogP contribution in [0.25, 0.3) is 0 Å². The van der Waals surface area contributed by atoms with E-state index < -0.39 is 5.82 Å². The molecule has 2 rings (SSSR count). The molecule has 132 valence electrons. The summed E-state index contributed by atoms with van der Waals surface area (Å²) in [5.74, 6) is -0.143. The largest absolute Gasteiger partial charge is 0.348 e. The molecule has 0 aliphatic heterocycles. The molecule has 3 N–H and O–H groups in total. The third kappa shape index (κ3) is 5.92. The number of likely N-dealkylation sites (N-methyl/N-ethyl adjacent to an activating group) is 1. The van der Waals surface area contributed by atoms with E-state index in [0.29, 0.717) is 11.6 Å². The van der Waals surface area contributed by atoms with Crippen LogP contribution in [-0.2, 0) is 9.59 Å². The van der Waals surface area contributed by atoms with Crippen LogP contribution < -0.4 is 15.5 Å². The third-order valence-corrected chi connectivity index (χ3v) is 4.49. The van der Waals surface area contributed by atoms with Crippen molar-refractivity contribution in [1.29, 1.82) is 0 Å². The van der Waals surface area contributed by atoms with Gasteiger partial charge >= 0.3 is 0 Å². The van der Waals surface area contributed by atoms with Crippen LogP contribution in [0.4, 0.5) is 10.1 Å². The minimum absolute atomic E-state index is 0.0233. The van der Waals surface area contributed by atoms with Gasteiger partial charge in [0.05, 0.1) is 7.05 Å². The van der Waals surface area contributed by atoms with Gasteiger partial charge in [-0.15, -0.1) is 0 Å². The van der Waals surface area contributed by atoms with Gasteiger partial charge < -0.3 is 15.5 Å².